The lowest BCUT2D eigenvalue weighted by molar-refractivity contribution is -0.116. The van der Waals surface area contributed by atoms with Crippen LogP contribution in [0.4, 0.5) is 5.69 Å². The third-order valence-corrected chi connectivity index (χ3v) is 8.15. The Morgan fingerprint density at radius 1 is 0.975 bits per heavy atom. The van der Waals surface area contributed by atoms with Crippen molar-refractivity contribution in [1.29, 1.82) is 0 Å². The van der Waals surface area contributed by atoms with Crippen LogP contribution in [-0.4, -0.2) is 27.4 Å². The number of thiocarbonyl (C=S) groups is 1. The fourth-order valence-electron chi connectivity index (χ4n) is 5.08. The minimum absolute atomic E-state index is 0.106. The van der Waals surface area contributed by atoms with Gasteiger partial charge in [0, 0.05) is 35.8 Å². The van der Waals surface area contributed by atoms with E-state index >= 15 is 0 Å². The largest absolute Gasteiger partial charge is 0.459 e. The Morgan fingerprint density at radius 2 is 1.77 bits per heavy atom. The molecular formula is C31H24Cl2N4O2S. The zero-order valence-corrected chi connectivity index (χ0v) is 23.5. The first-order valence-electron chi connectivity index (χ1n) is 12.8. The van der Waals surface area contributed by atoms with Crippen LogP contribution in [0.3, 0.4) is 0 Å². The summed E-state index contributed by atoms with van der Waals surface area (Å²) in [5, 5.41) is 9.92. The molecule has 0 bridgehead atoms. The highest BCUT2D eigenvalue weighted by atomic mass is 35.5. The van der Waals surface area contributed by atoms with Crippen LogP contribution in [0.15, 0.2) is 102 Å². The molecule has 40 heavy (non-hydrogen) atoms. The number of anilines is 1. The standard InChI is InChI=1S/C31H24Cl2N4O2S/c32-22-11-6-10-21(28(22)33)25-14-15-26(39-25)30-29(24-12-3-4-17-34-24)36-31(40)37(30)18-16-27(38)35-23-13-5-8-19-7-1-2-9-20(19)23/h1-15,17,29-30H,16,18H2,(H,35,38)(H,36,40)/t29-,30+/m1/s1. The fraction of sp³-hybridized carbons (Fsp3) is 0.129. The average molecular weight is 588 g/mol. The van der Waals surface area contributed by atoms with E-state index in [-0.39, 0.29) is 24.4 Å². The molecule has 2 aromatic heterocycles. The van der Waals surface area contributed by atoms with Crippen LogP contribution in [0.25, 0.3) is 22.1 Å². The molecule has 200 valence electrons. The third kappa shape index (κ3) is 5.16. The van der Waals surface area contributed by atoms with Crippen LogP contribution in [0.1, 0.15) is 30.0 Å². The first-order valence-corrected chi connectivity index (χ1v) is 14.0. The smallest absolute Gasteiger partial charge is 0.226 e. The quantitative estimate of drug-likeness (QED) is 0.189. The number of amides is 1. The summed E-state index contributed by atoms with van der Waals surface area (Å²) in [6.45, 7) is 0.379. The van der Waals surface area contributed by atoms with Gasteiger partial charge in [0.1, 0.15) is 17.6 Å². The number of pyridine rings is 1. The van der Waals surface area contributed by atoms with Gasteiger partial charge in [-0.2, -0.15) is 0 Å². The van der Waals surface area contributed by atoms with Gasteiger partial charge < -0.3 is 20.0 Å². The van der Waals surface area contributed by atoms with E-state index in [1.807, 2.05) is 89.8 Å². The third-order valence-electron chi connectivity index (χ3n) is 6.98. The van der Waals surface area contributed by atoms with Crippen LogP contribution in [-0.2, 0) is 4.79 Å². The number of carbonyl (C=O) groups excluding carboxylic acids is 1. The van der Waals surface area contributed by atoms with Crippen molar-refractivity contribution < 1.29 is 9.21 Å². The predicted molar refractivity (Wildman–Crippen MR) is 164 cm³/mol. The highest BCUT2D eigenvalue weighted by molar-refractivity contribution is 7.80. The lowest BCUT2D eigenvalue weighted by Crippen LogP contribution is -2.32. The second-order valence-corrected chi connectivity index (χ2v) is 10.6. The van der Waals surface area contributed by atoms with Gasteiger partial charge in [0.25, 0.3) is 0 Å². The molecule has 0 saturated carbocycles. The summed E-state index contributed by atoms with van der Waals surface area (Å²) in [4.78, 5) is 19.7. The van der Waals surface area contributed by atoms with Crippen molar-refractivity contribution >= 4 is 62.9 Å². The van der Waals surface area contributed by atoms with Crippen molar-refractivity contribution in [3.8, 4) is 11.3 Å². The molecule has 3 heterocycles. The number of halogens is 2. The van der Waals surface area contributed by atoms with Crippen LogP contribution < -0.4 is 10.6 Å². The molecule has 6 nitrogen and oxygen atoms in total. The summed E-state index contributed by atoms with van der Waals surface area (Å²) >= 11 is 18.5. The number of hydrogen-bond donors (Lipinski definition) is 2. The van der Waals surface area contributed by atoms with Crippen LogP contribution in [0.5, 0.6) is 0 Å². The van der Waals surface area contributed by atoms with Gasteiger partial charge >= 0.3 is 0 Å². The maximum absolute atomic E-state index is 13.1. The molecule has 1 aliphatic heterocycles. The van der Waals surface area contributed by atoms with Crippen molar-refractivity contribution in [1.82, 2.24) is 15.2 Å². The lowest BCUT2D eigenvalue weighted by atomic mass is 10.0. The predicted octanol–water partition coefficient (Wildman–Crippen LogP) is 7.80. The summed E-state index contributed by atoms with van der Waals surface area (Å²) in [7, 11) is 0. The van der Waals surface area contributed by atoms with E-state index in [1.165, 1.54) is 0 Å². The van der Waals surface area contributed by atoms with Gasteiger partial charge in [0.2, 0.25) is 5.91 Å². The first kappa shape index (κ1) is 26.3. The highest BCUT2D eigenvalue weighted by Crippen LogP contribution is 2.42. The van der Waals surface area contributed by atoms with Crippen molar-refractivity contribution in [3.05, 3.63) is 119 Å². The van der Waals surface area contributed by atoms with Gasteiger partial charge in [-0.1, -0.05) is 71.7 Å². The fourth-order valence-corrected chi connectivity index (χ4v) is 5.80. The van der Waals surface area contributed by atoms with E-state index in [9.17, 15) is 4.79 Å². The summed E-state index contributed by atoms with van der Waals surface area (Å²) in [6, 6.07) is 28.2. The minimum atomic E-state index is -0.334. The van der Waals surface area contributed by atoms with Gasteiger partial charge in [-0.05, 0) is 60.1 Å². The molecule has 2 atom stereocenters. The topological polar surface area (TPSA) is 70.4 Å². The number of nitrogens with zero attached hydrogens (tertiary/aromatic N) is 2. The number of fused-ring (bicyclic) bond motifs is 1. The second kappa shape index (κ2) is 11.3. The zero-order chi connectivity index (χ0) is 27.6. The molecule has 6 rings (SSSR count). The molecule has 9 heteroatoms. The molecule has 1 saturated heterocycles. The Balaban J connectivity index is 1.27. The molecule has 0 radical (unpaired) electrons. The van der Waals surface area contributed by atoms with Crippen LogP contribution in [0.2, 0.25) is 10.0 Å². The summed E-state index contributed by atoms with van der Waals surface area (Å²) in [5.41, 5.74) is 2.29. The Hall–Kier alpha value is -3.91. The van der Waals surface area contributed by atoms with Crippen molar-refractivity contribution in [2.75, 3.05) is 11.9 Å². The Kier molecular flexibility index (Phi) is 7.43. The summed E-state index contributed by atoms with van der Waals surface area (Å²) < 4.78 is 6.36. The number of rotatable bonds is 7. The molecule has 2 N–H and O–H groups in total. The SMILES string of the molecule is O=C(CCN1C(=S)N[C@H](c2ccccn2)[C@@H]1c1ccc(-c2cccc(Cl)c2Cl)o1)Nc1cccc2ccccc12. The van der Waals surface area contributed by atoms with E-state index in [4.69, 9.17) is 39.8 Å². The van der Waals surface area contributed by atoms with E-state index < -0.39 is 0 Å². The number of furan rings is 1. The van der Waals surface area contributed by atoms with Crippen molar-refractivity contribution in [2.24, 2.45) is 0 Å². The molecular weight excluding hydrogens is 563 g/mol. The number of benzene rings is 3. The molecule has 0 aliphatic carbocycles. The first-order chi connectivity index (χ1) is 19.5. The maximum atomic E-state index is 13.1. The second-order valence-electron chi connectivity index (χ2n) is 9.45. The molecule has 1 amide bonds. The Labute approximate surface area is 246 Å². The van der Waals surface area contributed by atoms with E-state index in [0.717, 1.165) is 22.2 Å². The molecule has 5 aromatic rings. The summed E-state index contributed by atoms with van der Waals surface area (Å²) in [5.74, 6) is 1.15. The number of hydrogen-bond acceptors (Lipinski definition) is 4. The molecule has 1 aliphatic rings. The Morgan fingerprint density at radius 3 is 2.62 bits per heavy atom. The lowest BCUT2D eigenvalue weighted by Gasteiger charge is -2.26. The van der Waals surface area contributed by atoms with Crippen LogP contribution in [0, 0.1) is 0 Å². The molecule has 0 spiro atoms. The zero-order valence-electron chi connectivity index (χ0n) is 21.2. The van der Waals surface area contributed by atoms with Crippen molar-refractivity contribution in [3.63, 3.8) is 0 Å². The minimum Gasteiger partial charge on any atom is -0.459 e. The van der Waals surface area contributed by atoms with Gasteiger partial charge in [-0.25, -0.2) is 0 Å². The van der Waals surface area contributed by atoms with Crippen molar-refractivity contribution in [2.45, 2.75) is 18.5 Å². The average Bonchev–Trinajstić information content (AvgIpc) is 3.58. The van der Waals surface area contributed by atoms with Crippen LogP contribution >= 0.6 is 35.4 Å². The van der Waals surface area contributed by atoms with Gasteiger partial charge in [-0.3, -0.25) is 9.78 Å². The Bertz CT molecular complexity index is 1700. The number of carbonyl (C=O) groups is 1. The van der Waals surface area contributed by atoms with E-state index in [0.29, 0.717) is 38.8 Å². The monoisotopic (exact) mass is 586 g/mol. The van der Waals surface area contributed by atoms with Gasteiger partial charge in [-0.15, -0.1) is 0 Å². The van der Waals surface area contributed by atoms with Gasteiger partial charge in [0.15, 0.2) is 5.11 Å². The van der Waals surface area contributed by atoms with Gasteiger partial charge in [0.05, 0.1) is 21.8 Å². The number of aromatic nitrogens is 1. The maximum Gasteiger partial charge on any atom is 0.226 e. The highest BCUT2D eigenvalue weighted by Gasteiger charge is 2.41. The normalized spacial score (nSPS) is 16.8. The van der Waals surface area contributed by atoms with E-state index in [2.05, 4.69) is 15.6 Å². The molecule has 0 unspecified atom stereocenters. The summed E-state index contributed by atoms with van der Waals surface area (Å²) in [6.07, 6.45) is 1.97. The number of nitrogens with one attached hydrogen (secondary N) is 2. The van der Waals surface area contributed by atoms with E-state index in [1.54, 1.807) is 12.3 Å². The molecule has 3 aromatic carbocycles. The molecule has 1 fully saturated rings.